The normalized spacial score (nSPS) is 20.7. The summed E-state index contributed by atoms with van der Waals surface area (Å²) >= 11 is 0. The standard InChI is InChI=1S/C14H23NOSi/c1-17(2,3)16-14(10-7-11-14)13(15)12-8-5-4-6-9-12/h4-6,8-9,13H,7,10-11,15H2,1-3H3. The molecule has 0 radical (unpaired) electrons. The zero-order valence-corrected chi connectivity index (χ0v) is 12.1. The number of rotatable bonds is 4. The molecule has 2 N–H and O–H groups in total. The van der Waals surface area contributed by atoms with E-state index in [1.54, 1.807) is 0 Å². The molecule has 0 saturated heterocycles. The van der Waals surface area contributed by atoms with Gasteiger partial charge in [-0.25, -0.2) is 0 Å². The van der Waals surface area contributed by atoms with Crippen molar-refractivity contribution in [3.05, 3.63) is 35.9 Å². The first-order chi connectivity index (χ1) is 7.93. The summed E-state index contributed by atoms with van der Waals surface area (Å²) < 4.78 is 6.39. The summed E-state index contributed by atoms with van der Waals surface area (Å²) in [4.78, 5) is 0. The zero-order chi connectivity index (χ0) is 12.5. The second-order valence-electron chi connectivity index (χ2n) is 6.02. The van der Waals surface area contributed by atoms with Crippen molar-refractivity contribution in [2.24, 2.45) is 5.73 Å². The molecule has 0 aliphatic heterocycles. The van der Waals surface area contributed by atoms with Gasteiger partial charge in [0.15, 0.2) is 8.32 Å². The van der Waals surface area contributed by atoms with Crippen molar-refractivity contribution in [2.75, 3.05) is 0 Å². The van der Waals surface area contributed by atoms with Crippen LogP contribution in [0.15, 0.2) is 30.3 Å². The monoisotopic (exact) mass is 249 g/mol. The fourth-order valence-electron chi connectivity index (χ4n) is 2.58. The minimum Gasteiger partial charge on any atom is -0.410 e. The predicted molar refractivity (Wildman–Crippen MR) is 74.4 cm³/mol. The minimum atomic E-state index is -1.54. The quantitative estimate of drug-likeness (QED) is 0.829. The Morgan fingerprint density at radius 3 is 2.18 bits per heavy atom. The van der Waals surface area contributed by atoms with Crippen molar-refractivity contribution < 1.29 is 4.43 Å². The SMILES string of the molecule is C[Si](C)(C)OC1(C(N)c2ccccc2)CCC1. The second-order valence-corrected chi connectivity index (χ2v) is 10.4. The lowest BCUT2D eigenvalue weighted by Crippen LogP contribution is -2.54. The lowest BCUT2D eigenvalue weighted by Gasteiger charge is -2.49. The van der Waals surface area contributed by atoms with Gasteiger partial charge in [-0.05, 0) is 44.5 Å². The molecule has 1 atom stereocenters. The largest absolute Gasteiger partial charge is 0.410 e. The van der Waals surface area contributed by atoms with E-state index in [1.807, 2.05) is 6.07 Å². The van der Waals surface area contributed by atoms with E-state index >= 15 is 0 Å². The van der Waals surface area contributed by atoms with E-state index in [9.17, 15) is 0 Å². The van der Waals surface area contributed by atoms with Gasteiger partial charge in [-0.2, -0.15) is 0 Å². The van der Waals surface area contributed by atoms with Gasteiger partial charge >= 0.3 is 0 Å². The number of hydrogen-bond donors (Lipinski definition) is 1. The average Bonchev–Trinajstić information content (AvgIpc) is 2.23. The molecular weight excluding hydrogens is 226 g/mol. The number of hydrogen-bond acceptors (Lipinski definition) is 2. The lowest BCUT2D eigenvalue weighted by molar-refractivity contribution is -0.0383. The van der Waals surface area contributed by atoms with Gasteiger partial charge in [0.05, 0.1) is 11.6 Å². The van der Waals surface area contributed by atoms with Gasteiger partial charge in [-0.1, -0.05) is 30.3 Å². The van der Waals surface area contributed by atoms with Crippen LogP contribution in [0.1, 0.15) is 30.9 Å². The Bertz CT molecular complexity index is 368. The minimum absolute atomic E-state index is 0.0178. The van der Waals surface area contributed by atoms with E-state index in [2.05, 4.69) is 43.9 Å². The molecule has 0 bridgehead atoms. The van der Waals surface area contributed by atoms with Gasteiger partial charge in [0.25, 0.3) is 0 Å². The van der Waals surface area contributed by atoms with Crippen LogP contribution in [0.5, 0.6) is 0 Å². The fourth-order valence-corrected chi connectivity index (χ4v) is 4.13. The Hall–Kier alpha value is -0.643. The van der Waals surface area contributed by atoms with Gasteiger partial charge in [-0.15, -0.1) is 0 Å². The summed E-state index contributed by atoms with van der Waals surface area (Å²) in [5.74, 6) is 0. The van der Waals surface area contributed by atoms with Crippen LogP contribution < -0.4 is 5.73 Å². The highest BCUT2D eigenvalue weighted by atomic mass is 28.4. The Balaban J connectivity index is 2.18. The Kier molecular flexibility index (Phi) is 3.43. The lowest BCUT2D eigenvalue weighted by atomic mass is 9.73. The number of benzene rings is 1. The van der Waals surface area contributed by atoms with Crippen molar-refractivity contribution in [2.45, 2.75) is 50.5 Å². The summed E-state index contributed by atoms with van der Waals surface area (Å²) in [7, 11) is -1.54. The topological polar surface area (TPSA) is 35.2 Å². The van der Waals surface area contributed by atoms with Crippen molar-refractivity contribution in [3.63, 3.8) is 0 Å². The highest BCUT2D eigenvalue weighted by Crippen LogP contribution is 2.45. The molecule has 1 aliphatic rings. The molecule has 2 nitrogen and oxygen atoms in total. The van der Waals surface area contributed by atoms with Crippen molar-refractivity contribution in [3.8, 4) is 0 Å². The first kappa shape index (κ1) is 12.8. The van der Waals surface area contributed by atoms with Crippen LogP contribution >= 0.6 is 0 Å². The maximum absolute atomic E-state index is 6.44. The fraction of sp³-hybridized carbons (Fsp3) is 0.571. The van der Waals surface area contributed by atoms with Crippen molar-refractivity contribution >= 4 is 8.32 Å². The predicted octanol–water partition coefficient (Wildman–Crippen LogP) is 3.46. The summed E-state index contributed by atoms with van der Waals surface area (Å²) in [5.41, 5.74) is 7.55. The highest BCUT2D eigenvalue weighted by Gasteiger charge is 2.46. The Morgan fingerprint density at radius 2 is 1.76 bits per heavy atom. The van der Waals surface area contributed by atoms with E-state index in [0.29, 0.717) is 0 Å². The highest BCUT2D eigenvalue weighted by molar-refractivity contribution is 6.69. The van der Waals surface area contributed by atoms with Crippen molar-refractivity contribution in [1.29, 1.82) is 0 Å². The third kappa shape index (κ3) is 2.79. The first-order valence-electron chi connectivity index (χ1n) is 6.44. The van der Waals surface area contributed by atoms with Crippen LogP contribution in [0.2, 0.25) is 19.6 Å². The molecule has 17 heavy (non-hydrogen) atoms. The van der Waals surface area contributed by atoms with E-state index in [1.165, 1.54) is 12.0 Å². The van der Waals surface area contributed by atoms with Crippen LogP contribution in [0.3, 0.4) is 0 Å². The van der Waals surface area contributed by atoms with E-state index in [0.717, 1.165) is 12.8 Å². The molecule has 1 saturated carbocycles. The molecule has 1 aliphatic carbocycles. The molecule has 94 valence electrons. The van der Waals surface area contributed by atoms with Gasteiger partial charge in [-0.3, -0.25) is 0 Å². The molecule has 1 unspecified atom stereocenters. The smallest absolute Gasteiger partial charge is 0.184 e. The molecule has 0 spiro atoms. The molecule has 0 aromatic heterocycles. The third-order valence-corrected chi connectivity index (χ3v) is 4.45. The maximum atomic E-state index is 6.44. The van der Waals surface area contributed by atoms with Crippen LogP contribution in [0.25, 0.3) is 0 Å². The van der Waals surface area contributed by atoms with E-state index in [-0.39, 0.29) is 11.6 Å². The third-order valence-electron chi connectivity index (χ3n) is 3.43. The molecule has 1 aromatic carbocycles. The molecule has 1 aromatic rings. The average molecular weight is 249 g/mol. The van der Waals surface area contributed by atoms with Gasteiger partial charge in [0.1, 0.15) is 0 Å². The van der Waals surface area contributed by atoms with Gasteiger partial charge < -0.3 is 10.2 Å². The molecule has 0 heterocycles. The molecule has 2 rings (SSSR count). The summed E-state index contributed by atoms with van der Waals surface area (Å²) in [6.07, 6.45) is 3.45. The number of nitrogens with two attached hydrogens (primary N) is 1. The maximum Gasteiger partial charge on any atom is 0.184 e. The van der Waals surface area contributed by atoms with E-state index in [4.69, 9.17) is 10.2 Å². The summed E-state index contributed by atoms with van der Waals surface area (Å²) in [6.45, 7) is 6.72. The second kappa shape index (κ2) is 4.56. The Labute approximate surface area is 105 Å². The molecule has 3 heteroatoms. The molecule has 1 fully saturated rings. The van der Waals surface area contributed by atoms with Crippen LogP contribution in [0.4, 0.5) is 0 Å². The van der Waals surface area contributed by atoms with Gasteiger partial charge in [0.2, 0.25) is 0 Å². The first-order valence-corrected chi connectivity index (χ1v) is 9.84. The summed E-state index contributed by atoms with van der Waals surface area (Å²) in [6, 6.07) is 10.4. The van der Waals surface area contributed by atoms with Crippen molar-refractivity contribution in [1.82, 2.24) is 0 Å². The molecule has 0 amide bonds. The zero-order valence-electron chi connectivity index (χ0n) is 11.1. The summed E-state index contributed by atoms with van der Waals surface area (Å²) in [5, 5.41) is 0. The van der Waals surface area contributed by atoms with Crippen LogP contribution in [-0.2, 0) is 4.43 Å². The van der Waals surface area contributed by atoms with Crippen LogP contribution in [0, 0.1) is 0 Å². The van der Waals surface area contributed by atoms with Crippen LogP contribution in [-0.4, -0.2) is 13.9 Å². The van der Waals surface area contributed by atoms with Gasteiger partial charge in [0, 0.05) is 0 Å². The van der Waals surface area contributed by atoms with E-state index < -0.39 is 8.32 Å². The Morgan fingerprint density at radius 1 is 1.18 bits per heavy atom. The molecular formula is C14H23NOSi.